The Balaban J connectivity index is 1.50. The molecule has 1 N–H and O–H groups in total. The third-order valence-electron chi connectivity index (χ3n) is 4.19. The van der Waals surface area contributed by atoms with Gasteiger partial charge in [0.25, 0.3) is 0 Å². The molecular formula is C15H24N4O. The van der Waals surface area contributed by atoms with Crippen molar-refractivity contribution in [3.05, 3.63) is 11.6 Å². The van der Waals surface area contributed by atoms with Crippen LogP contribution < -0.4 is 0 Å². The number of H-pyrrole nitrogens is 1. The van der Waals surface area contributed by atoms with E-state index in [4.69, 9.17) is 0 Å². The van der Waals surface area contributed by atoms with Gasteiger partial charge in [0.2, 0.25) is 5.91 Å². The number of carbonyl (C=O) groups is 1. The molecular weight excluding hydrogens is 252 g/mol. The van der Waals surface area contributed by atoms with E-state index in [1.165, 1.54) is 12.8 Å². The minimum atomic E-state index is 0.304. The Morgan fingerprint density at radius 2 is 2.20 bits per heavy atom. The molecule has 20 heavy (non-hydrogen) atoms. The van der Waals surface area contributed by atoms with Crippen molar-refractivity contribution in [1.29, 1.82) is 0 Å². The summed E-state index contributed by atoms with van der Waals surface area (Å²) >= 11 is 0. The zero-order chi connectivity index (χ0) is 14.1. The lowest BCUT2D eigenvalue weighted by molar-refractivity contribution is -0.131. The molecule has 0 radical (unpaired) electrons. The molecule has 1 unspecified atom stereocenters. The molecule has 5 nitrogen and oxygen atoms in total. The van der Waals surface area contributed by atoms with Gasteiger partial charge in [0.1, 0.15) is 5.82 Å². The molecule has 0 aromatic carbocycles. The smallest absolute Gasteiger partial charge is 0.222 e. The van der Waals surface area contributed by atoms with Gasteiger partial charge in [0.05, 0.1) is 0 Å². The Morgan fingerprint density at radius 1 is 1.40 bits per heavy atom. The number of aromatic nitrogens is 3. The number of carbonyl (C=O) groups excluding carboxylic acids is 1. The molecule has 1 atom stereocenters. The zero-order valence-electron chi connectivity index (χ0n) is 12.4. The lowest BCUT2D eigenvalue weighted by Gasteiger charge is -2.17. The summed E-state index contributed by atoms with van der Waals surface area (Å²) in [5.74, 6) is 3.87. The van der Waals surface area contributed by atoms with Crippen molar-refractivity contribution in [1.82, 2.24) is 20.1 Å². The van der Waals surface area contributed by atoms with Gasteiger partial charge in [-0.05, 0) is 31.1 Å². The highest BCUT2D eigenvalue weighted by molar-refractivity contribution is 5.76. The fraction of sp³-hybridized carbons (Fsp3) is 0.800. The molecule has 1 saturated carbocycles. The predicted molar refractivity (Wildman–Crippen MR) is 76.2 cm³/mol. The lowest BCUT2D eigenvalue weighted by Crippen LogP contribution is -2.29. The van der Waals surface area contributed by atoms with Crippen molar-refractivity contribution < 1.29 is 4.79 Å². The van der Waals surface area contributed by atoms with E-state index in [0.29, 0.717) is 30.1 Å². The van der Waals surface area contributed by atoms with Crippen LogP contribution in [0.2, 0.25) is 0 Å². The van der Waals surface area contributed by atoms with E-state index in [2.05, 4.69) is 29.0 Å². The van der Waals surface area contributed by atoms with Gasteiger partial charge in [-0.25, -0.2) is 4.98 Å². The molecule has 2 heterocycles. The zero-order valence-corrected chi connectivity index (χ0v) is 12.4. The van der Waals surface area contributed by atoms with E-state index in [0.717, 1.165) is 37.6 Å². The quantitative estimate of drug-likeness (QED) is 0.896. The molecule has 3 rings (SSSR count). The largest absolute Gasteiger partial charge is 0.342 e. The van der Waals surface area contributed by atoms with Gasteiger partial charge in [-0.15, -0.1) is 0 Å². The highest BCUT2D eigenvalue weighted by Gasteiger charge is 2.30. The molecule has 0 spiro atoms. The molecule has 1 saturated heterocycles. The maximum atomic E-state index is 12.0. The highest BCUT2D eigenvalue weighted by atomic mass is 16.2. The van der Waals surface area contributed by atoms with Crippen LogP contribution in [0.5, 0.6) is 0 Å². The summed E-state index contributed by atoms with van der Waals surface area (Å²) in [6, 6.07) is 0. The minimum Gasteiger partial charge on any atom is -0.342 e. The second-order valence-corrected chi connectivity index (χ2v) is 6.71. The monoisotopic (exact) mass is 276 g/mol. The molecule has 5 heteroatoms. The first-order valence-electron chi connectivity index (χ1n) is 7.80. The van der Waals surface area contributed by atoms with Crippen molar-refractivity contribution in [3.63, 3.8) is 0 Å². The number of hydrogen-bond donors (Lipinski definition) is 1. The van der Waals surface area contributed by atoms with Crippen molar-refractivity contribution in [2.75, 3.05) is 13.1 Å². The van der Waals surface area contributed by atoms with Crippen LogP contribution >= 0.6 is 0 Å². The first kappa shape index (κ1) is 13.6. The Bertz CT molecular complexity index is 478. The second kappa shape index (κ2) is 5.54. The summed E-state index contributed by atoms with van der Waals surface area (Å²) in [6.07, 6.45) is 5.14. The van der Waals surface area contributed by atoms with E-state index in [1.54, 1.807) is 0 Å². The van der Waals surface area contributed by atoms with E-state index in [9.17, 15) is 4.79 Å². The van der Waals surface area contributed by atoms with Gasteiger partial charge < -0.3 is 4.90 Å². The average molecular weight is 276 g/mol. The fourth-order valence-corrected chi connectivity index (χ4v) is 2.90. The average Bonchev–Trinajstić information content (AvgIpc) is 2.96. The normalized spacial score (nSPS) is 22.8. The number of nitrogens with zero attached hydrogens (tertiary/aromatic N) is 3. The minimum absolute atomic E-state index is 0.304. The predicted octanol–water partition coefficient (Wildman–Crippen LogP) is 2.12. The summed E-state index contributed by atoms with van der Waals surface area (Å²) in [5.41, 5.74) is 0. The third kappa shape index (κ3) is 3.19. The van der Waals surface area contributed by atoms with Crippen LogP contribution in [0.25, 0.3) is 0 Å². The van der Waals surface area contributed by atoms with Gasteiger partial charge in [0, 0.05) is 31.8 Å². The molecule has 1 aliphatic carbocycles. The summed E-state index contributed by atoms with van der Waals surface area (Å²) in [6.45, 7) is 5.98. The van der Waals surface area contributed by atoms with Crippen molar-refractivity contribution in [2.45, 2.75) is 51.9 Å². The van der Waals surface area contributed by atoms with Gasteiger partial charge in [-0.3, -0.25) is 9.89 Å². The van der Waals surface area contributed by atoms with E-state index >= 15 is 0 Å². The number of rotatable bonds is 5. The molecule has 1 aromatic heterocycles. The van der Waals surface area contributed by atoms with Gasteiger partial charge in [-0.2, -0.15) is 5.10 Å². The lowest BCUT2D eigenvalue weighted by atomic mass is 10.0. The van der Waals surface area contributed by atoms with E-state index in [-0.39, 0.29) is 0 Å². The van der Waals surface area contributed by atoms with Gasteiger partial charge in [0.15, 0.2) is 5.82 Å². The molecule has 1 amide bonds. The second-order valence-electron chi connectivity index (χ2n) is 6.71. The highest BCUT2D eigenvalue weighted by Crippen LogP contribution is 2.37. The molecule has 1 aromatic rings. The summed E-state index contributed by atoms with van der Waals surface area (Å²) in [7, 11) is 0. The Hall–Kier alpha value is -1.39. The molecule has 0 bridgehead atoms. The van der Waals surface area contributed by atoms with Crippen LogP contribution in [0.3, 0.4) is 0 Å². The summed E-state index contributed by atoms with van der Waals surface area (Å²) in [4.78, 5) is 18.6. The van der Waals surface area contributed by atoms with Crippen molar-refractivity contribution >= 4 is 5.91 Å². The first-order valence-corrected chi connectivity index (χ1v) is 7.80. The number of likely N-dealkylation sites (tertiary alicyclic amines) is 1. The summed E-state index contributed by atoms with van der Waals surface area (Å²) < 4.78 is 0. The third-order valence-corrected chi connectivity index (χ3v) is 4.19. The van der Waals surface area contributed by atoms with Crippen LogP contribution in [0, 0.1) is 11.8 Å². The first-order chi connectivity index (χ1) is 9.61. The maximum Gasteiger partial charge on any atom is 0.222 e. The molecule has 2 fully saturated rings. The fourth-order valence-electron chi connectivity index (χ4n) is 2.90. The standard InChI is InChI=1S/C15H24N4O/c1-10(2)7-14(20)19-6-5-11(9-19)8-13-16-15(18-17-13)12-3-4-12/h10-12H,3-9H2,1-2H3,(H,16,17,18). The maximum absolute atomic E-state index is 12.0. The van der Waals surface area contributed by atoms with Crippen LogP contribution in [0.15, 0.2) is 0 Å². The van der Waals surface area contributed by atoms with Crippen molar-refractivity contribution in [2.24, 2.45) is 11.8 Å². The SMILES string of the molecule is CC(C)CC(=O)N1CCC(Cc2nc(C3CC3)n[nH]2)C1. The number of aromatic amines is 1. The number of hydrogen-bond acceptors (Lipinski definition) is 3. The Kier molecular flexibility index (Phi) is 3.76. The van der Waals surface area contributed by atoms with Crippen molar-refractivity contribution in [3.8, 4) is 0 Å². The van der Waals surface area contributed by atoms with E-state index in [1.807, 2.05) is 4.90 Å². The van der Waals surface area contributed by atoms with E-state index < -0.39 is 0 Å². The van der Waals surface area contributed by atoms with Crippen LogP contribution in [0.4, 0.5) is 0 Å². The van der Waals surface area contributed by atoms with Crippen LogP contribution in [-0.2, 0) is 11.2 Å². The van der Waals surface area contributed by atoms with Crippen LogP contribution in [0.1, 0.15) is 57.1 Å². The molecule has 1 aliphatic heterocycles. The van der Waals surface area contributed by atoms with Crippen LogP contribution in [-0.4, -0.2) is 39.1 Å². The Morgan fingerprint density at radius 3 is 2.90 bits per heavy atom. The van der Waals surface area contributed by atoms with Gasteiger partial charge in [-0.1, -0.05) is 13.8 Å². The molecule has 110 valence electrons. The summed E-state index contributed by atoms with van der Waals surface area (Å²) in [5, 5.41) is 7.36. The topological polar surface area (TPSA) is 61.9 Å². The number of amides is 1. The Labute approximate surface area is 120 Å². The van der Waals surface area contributed by atoms with Gasteiger partial charge >= 0.3 is 0 Å². The number of nitrogens with one attached hydrogen (secondary N) is 1. The molecule has 2 aliphatic rings.